The van der Waals surface area contributed by atoms with Crippen molar-refractivity contribution in [3.8, 4) is 5.75 Å². The molecule has 3 heteroatoms. The summed E-state index contributed by atoms with van der Waals surface area (Å²) in [5.74, 6) is 0.916. The lowest BCUT2D eigenvalue weighted by atomic mass is 10.1. The SMILES string of the molecule is CNCCCN(C)C(C)c1ccc(OC)cc1. The van der Waals surface area contributed by atoms with Gasteiger partial charge in [0.2, 0.25) is 0 Å². The average molecular weight is 236 g/mol. The third kappa shape index (κ3) is 4.36. The third-order valence-electron chi connectivity index (χ3n) is 3.20. The molecule has 0 heterocycles. The smallest absolute Gasteiger partial charge is 0.118 e. The first-order valence-electron chi connectivity index (χ1n) is 6.17. The van der Waals surface area contributed by atoms with Crippen LogP contribution in [0.25, 0.3) is 0 Å². The normalized spacial score (nSPS) is 12.8. The molecule has 0 aliphatic rings. The van der Waals surface area contributed by atoms with Crippen molar-refractivity contribution >= 4 is 0 Å². The highest BCUT2D eigenvalue weighted by Gasteiger charge is 2.10. The van der Waals surface area contributed by atoms with Crippen LogP contribution in [0.2, 0.25) is 0 Å². The number of benzene rings is 1. The third-order valence-corrected chi connectivity index (χ3v) is 3.20. The van der Waals surface area contributed by atoms with E-state index >= 15 is 0 Å². The lowest BCUT2D eigenvalue weighted by Gasteiger charge is -2.25. The highest BCUT2D eigenvalue weighted by atomic mass is 16.5. The van der Waals surface area contributed by atoms with Crippen molar-refractivity contribution in [2.24, 2.45) is 0 Å². The highest BCUT2D eigenvalue weighted by molar-refractivity contribution is 5.28. The van der Waals surface area contributed by atoms with Crippen LogP contribution >= 0.6 is 0 Å². The number of ether oxygens (including phenoxy) is 1. The zero-order chi connectivity index (χ0) is 12.7. The molecule has 0 aliphatic heterocycles. The summed E-state index contributed by atoms with van der Waals surface area (Å²) in [6.07, 6.45) is 1.17. The Morgan fingerprint density at radius 1 is 1.29 bits per heavy atom. The van der Waals surface area contributed by atoms with Gasteiger partial charge in [0.15, 0.2) is 0 Å². The van der Waals surface area contributed by atoms with Crippen LogP contribution < -0.4 is 10.1 Å². The van der Waals surface area contributed by atoms with E-state index in [-0.39, 0.29) is 0 Å². The van der Waals surface area contributed by atoms with Crippen LogP contribution in [0.1, 0.15) is 24.9 Å². The zero-order valence-corrected chi connectivity index (χ0v) is 11.4. The Morgan fingerprint density at radius 3 is 2.47 bits per heavy atom. The summed E-state index contributed by atoms with van der Waals surface area (Å²) in [4.78, 5) is 2.37. The van der Waals surface area contributed by atoms with Gasteiger partial charge in [0.25, 0.3) is 0 Å². The number of rotatable bonds is 7. The molecule has 1 unspecified atom stereocenters. The number of hydrogen-bond acceptors (Lipinski definition) is 3. The molecule has 0 saturated heterocycles. The second-order valence-corrected chi connectivity index (χ2v) is 4.39. The topological polar surface area (TPSA) is 24.5 Å². The average Bonchev–Trinajstić information content (AvgIpc) is 2.38. The van der Waals surface area contributed by atoms with Crippen molar-refractivity contribution in [3.63, 3.8) is 0 Å². The molecule has 1 atom stereocenters. The summed E-state index contributed by atoms with van der Waals surface area (Å²) in [6.45, 7) is 4.41. The Balaban J connectivity index is 2.52. The van der Waals surface area contributed by atoms with Gasteiger partial charge < -0.3 is 10.1 Å². The lowest BCUT2D eigenvalue weighted by Crippen LogP contribution is -2.25. The monoisotopic (exact) mass is 236 g/mol. The molecule has 1 rings (SSSR count). The first-order valence-corrected chi connectivity index (χ1v) is 6.17. The summed E-state index contributed by atoms with van der Waals surface area (Å²) in [5, 5.41) is 3.17. The Kier molecular flexibility index (Phi) is 6.01. The lowest BCUT2D eigenvalue weighted by molar-refractivity contribution is 0.258. The van der Waals surface area contributed by atoms with Gasteiger partial charge >= 0.3 is 0 Å². The molecular weight excluding hydrogens is 212 g/mol. The molecule has 1 N–H and O–H groups in total. The van der Waals surface area contributed by atoms with Gasteiger partial charge in [-0.1, -0.05) is 12.1 Å². The van der Waals surface area contributed by atoms with Crippen molar-refractivity contribution in [1.29, 1.82) is 0 Å². The summed E-state index contributed by atoms with van der Waals surface area (Å²) in [7, 11) is 5.86. The number of hydrogen-bond donors (Lipinski definition) is 1. The maximum atomic E-state index is 5.17. The molecule has 0 saturated carbocycles. The molecule has 0 spiro atoms. The molecule has 0 fully saturated rings. The van der Waals surface area contributed by atoms with Gasteiger partial charge in [-0.25, -0.2) is 0 Å². The van der Waals surface area contributed by atoms with E-state index in [1.165, 1.54) is 12.0 Å². The summed E-state index contributed by atoms with van der Waals surface area (Å²) in [5.41, 5.74) is 1.33. The van der Waals surface area contributed by atoms with E-state index in [0.717, 1.165) is 18.8 Å². The maximum absolute atomic E-state index is 5.17. The summed E-state index contributed by atoms with van der Waals surface area (Å²) in [6, 6.07) is 8.76. The predicted molar refractivity (Wildman–Crippen MR) is 72.6 cm³/mol. The molecule has 1 aromatic rings. The molecular formula is C14H24N2O. The van der Waals surface area contributed by atoms with Crippen molar-refractivity contribution in [1.82, 2.24) is 10.2 Å². The van der Waals surface area contributed by atoms with E-state index in [2.05, 4.69) is 36.3 Å². The van der Waals surface area contributed by atoms with Gasteiger partial charge in [0.05, 0.1) is 7.11 Å². The second kappa shape index (κ2) is 7.30. The minimum atomic E-state index is 0.442. The van der Waals surface area contributed by atoms with Gasteiger partial charge in [-0.3, -0.25) is 4.90 Å². The molecule has 0 amide bonds. The van der Waals surface area contributed by atoms with Gasteiger partial charge in [-0.2, -0.15) is 0 Å². The molecule has 96 valence electrons. The van der Waals surface area contributed by atoms with Crippen molar-refractivity contribution in [2.75, 3.05) is 34.3 Å². The Bertz CT molecular complexity index is 311. The molecule has 17 heavy (non-hydrogen) atoms. The predicted octanol–water partition coefficient (Wildman–Crippen LogP) is 2.30. The van der Waals surface area contributed by atoms with Gasteiger partial charge in [-0.15, -0.1) is 0 Å². The second-order valence-electron chi connectivity index (χ2n) is 4.39. The fourth-order valence-electron chi connectivity index (χ4n) is 1.84. The van der Waals surface area contributed by atoms with E-state index in [1.54, 1.807) is 7.11 Å². The molecule has 3 nitrogen and oxygen atoms in total. The molecule has 0 radical (unpaired) electrons. The summed E-state index contributed by atoms with van der Waals surface area (Å²) < 4.78 is 5.17. The Morgan fingerprint density at radius 2 is 1.94 bits per heavy atom. The fourth-order valence-corrected chi connectivity index (χ4v) is 1.84. The maximum Gasteiger partial charge on any atom is 0.118 e. The van der Waals surface area contributed by atoms with E-state index < -0.39 is 0 Å². The van der Waals surface area contributed by atoms with Crippen molar-refractivity contribution < 1.29 is 4.74 Å². The fraction of sp³-hybridized carbons (Fsp3) is 0.571. The molecule has 0 aliphatic carbocycles. The van der Waals surface area contributed by atoms with Crippen molar-refractivity contribution in [3.05, 3.63) is 29.8 Å². The van der Waals surface area contributed by atoms with Crippen LogP contribution in [0.4, 0.5) is 0 Å². The van der Waals surface area contributed by atoms with Crippen LogP contribution in [0.3, 0.4) is 0 Å². The van der Waals surface area contributed by atoms with E-state index in [0.29, 0.717) is 6.04 Å². The summed E-state index contributed by atoms with van der Waals surface area (Å²) >= 11 is 0. The standard InChI is InChI=1S/C14H24N2O/c1-12(16(3)11-5-10-15-2)13-6-8-14(17-4)9-7-13/h6-9,12,15H,5,10-11H2,1-4H3. The van der Waals surface area contributed by atoms with Gasteiger partial charge in [0, 0.05) is 6.04 Å². The van der Waals surface area contributed by atoms with Gasteiger partial charge in [0.1, 0.15) is 5.75 Å². The van der Waals surface area contributed by atoms with Crippen molar-refractivity contribution in [2.45, 2.75) is 19.4 Å². The first-order chi connectivity index (χ1) is 8.19. The van der Waals surface area contributed by atoms with Crippen LogP contribution in [0.5, 0.6) is 5.75 Å². The number of methoxy groups -OCH3 is 1. The highest BCUT2D eigenvalue weighted by Crippen LogP contribution is 2.21. The Labute approximate surface area is 105 Å². The first kappa shape index (κ1) is 14.0. The van der Waals surface area contributed by atoms with Crippen LogP contribution in [-0.4, -0.2) is 39.2 Å². The molecule has 0 aromatic heterocycles. The molecule has 0 bridgehead atoms. The van der Waals surface area contributed by atoms with E-state index in [1.807, 2.05) is 19.2 Å². The van der Waals surface area contributed by atoms with Gasteiger partial charge in [-0.05, 0) is 58.2 Å². The van der Waals surface area contributed by atoms with Crippen LogP contribution in [0, 0.1) is 0 Å². The van der Waals surface area contributed by atoms with E-state index in [4.69, 9.17) is 4.74 Å². The quantitative estimate of drug-likeness (QED) is 0.735. The van der Waals surface area contributed by atoms with Crippen LogP contribution in [0.15, 0.2) is 24.3 Å². The largest absolute Gasteiger partial charge is 0.497 e. The zero-order valence-electron chi connectivity index (χ0n) is 11.4. The number of nitrogens with zero attached hydrogens (tertiary/aromatic N) is 1. The van der Waals surface area contributed by atoms with Crippen LogP contribution in [-0.2, 0) is 0 Å². The minimum absolute atomic E-state index is 0.442. The minimum Gasteiger partial charge on any atom is -0.497 e. The Hall–Kier alpha value is -1.06. The van der Waals surface area contributed by atoms with E-state index in [9.17, 15) is 0 Å². The number of nitrogens with one attached hydrogen (secondary N) is 1. The molecule has 1 aromatic carbocycles.